The van der Waals surface area contributed by atoms with Gasteiger partial charge in [0.1, 0.15) is 5.82 Å². The SMILES string of the molecule is Fc1ccc(C2=CCNC(Cc3ccccc3)C2Cc2ccccc2)cc1. The Bertz CT molecular complexity index is 885. The fraction of sp³-hybridized carbons (Fsp3) is 0.200. The lowest BCUT2D eigenvalue weighted by molar-refractivity contribution is 0.413. The van der Waals surface area contributed by atoms with E-state index in [0.29, 0.717) is 12.0 Å². The van der Waals surface area contributed by atoms with Crippen molar-refractivity contribution in [2.45, 2.75) is 18.9 Å². The molecule has 3 aromatic carbocycles. The van der Waals surface area contributed by atoms with Crippen molar-refractivity contribution >= 4 is 5.57 Å². The van der Waals surface area contributed by atoms with E-state index in [1.54, 1.807) is 12.1 Å². The van der Waals surface area contributed by atoms with Gasteiger partial charge in [-0.3, -0.25) is 0 Å². The van der Waals surface area contributed by atoms with Crippen LogP contribution in [0.4, 0.5) is 4.39 Å². The summed E-state index contributed by atoms with van der Waals surface area (Å²) < 4.78 is 13.4. The van der Waals surface area contributed by atoms with Crippen LogP contribution in [0, 0.1) is 11.7 Å². The van der Waals surface area contributed by atoms with E-state index in [9.17, 15) is 4.39 Å². The molecule has 0 bridgehead atoms. The summed E-state index contributed by atoms with van der Waals surface area (Å²) in [6.07, 6.45) is 4.22. The van der Waals surface area contributed by atoms with E-state index < -0.39 is 0 Å². The van der Waals surface area contributed by atoms with Crippen LogP contribution in [0.25, 0.3) is 5.57 Å². The maximum atomic E-state index is 13.4. The highest BCUT2D eigenvalue weighted by atomic mass is 19.1. The highest BCUT2D eigenvalue weighted by Crippen LogP contribution is 2.33. The summed E-state index contributed by atoms with van der Waals surface area (Å²) >= 11 is 0. The van der Waals surface area contributed by atoms with Crippen molar-refractivity contribution in [3.05, 3.63) is 114 Å². The zero-order chi connectivity index (χ0) is 18.5. The first-order valence-electron chi connectivity index (χ1n) is 9.57. The molecule has 27 heavy (non-hydrogen) atoms. The molecule has 1 nitrogen and oxygen atoms in total. The fourth-order valence-corrected chi connectivity index (χ4v) is 4.01. The standard InChI is InChI=1S/C25H24FN/c26-22-13-11-21(12-14-22)23-15-16-27-25(18-20-9-5-2-6-10-20)24(23)17-19-7-3-1-4-8-19/h1-15,24-25,27H,16-18H2. The Labute approximate surface area is 160 Å². The van der Waals surface area contributed by atoms with E-state index in [0.717, 1.165) is 24.9 Å². The first-order chi connectivity index (χ1) is 13.3. The van der Waals surface area contributed by atoms with E-state index in [1.807, 2.05) is 12.1 Å². The lowest BCUT2D eigenvalue weighted by Gasteiger charge is -2.34. The molecule has 4 rings (SSSR count). The normalized spacial score (nSPS) is 19.5. The molecule has 2 atom stereocenters. The Morgan fingerprint density at radius 1 is 0.741 bits per heavy atom. The van der Waals surface area contributed by atoms with Crippen LogP contribution >= 0.6 is 0 Å². The number of halogens is 1. The molecule has 0 aliphatic carbocycles. The average Bonchev–Trinajstić information content (AvgIpc) is 2.72. The zero-order valence-corrected chi connectivity index (χ0v) is 15.3. The van der Waals surface area contributed by atoms with Gasteiger partial charge in [-0.25, -0.2) is 4.39 Å². The predicted octanol–water partition coefficient (Wildman–Crippen LogP) is 5.28. The molecule has 136 valence electrons. The summed E-state index contributed by atoms with van der Waals surface area (Å²) in [5, 5.41) is 3.70. The van der Waals surface area contributed by atoms with Crippen molar-refractivity contribution in [1.29, 1.82) is 0 Å². The van der Waals surface area contributed by atoms with Gasteiger partial charge in [0, 0.05) is 18.5 Å². The summed E-state index contributed by atoms with van der Waals surface area (Å²) in [4.78, 5) is 0. The van der Waals surface area contributed by atoms with Crippen LogP contribution in [0.15, 0.2) is 91.0 Å². The van der Waals surface area contributed by atoms with Gasteiger partial charge in [0.15, 0.2) is 0 Å². The third-order valence-electron chi connectivity index (χ3n) is 5.36. The van der Waals surface area contributed by atoms with Crippen molar-refractivity contribution in [2.75, 3.05) is 6.54 Å². The second-order valence-corrected chi connectivity index (χ2v) is 7.17. The van der Waals surface area contributed by atoms with E-state index in [-0.39, 0.29) is 5.82 Å². The highest BCUT2D eigenvalue weighted by molar-refractivity contribution is 5.69. The molecule has 3 aromatic rings. The van der Waals surface area contributed by atoms with Gasteiger partial charge >= 0.3 is 0 Å². The number of hydrogen-bond donors (Lipinski definition) is 1. The molecule has 0 spiro atoms. The molecule has 0 radical (unpaired) electrons. The molecule has 1 aliphatic heterocycles. The van der Waals surface area contributed by atoms with Crippen molar-refractivity contribution in [2.24, 2.45) is 5.92 Å². The minimum absolute atomic E-state index is 0.186. The number of hydrogen-bond acceptors (Lipinski definition) is 1. The molecule has 1 aliphatic rings. The molecule has 1 N–H and O–H groups in total. The van der Waals surface area contributed by atoms with Gasteiger partial charge in [-0.15, -0.1) is 0 Å². The molecule has 0 aromatic heterocycles. The van der Waals surface area contributed by atoms with Crippen molar-refractivity contribution in [1.82, 2.24) is 5.32 Å². The number of rotatable bonds is 5. The molecule has 2 heteroatoms. The van der Waals surface area contributed by atoms with Gasteiger partial charge in [0.2, 0.25) is 0 Å². The minimum atomic E-state index is -0.186. The zero-order valence-electron chi connectivity index (χ0n) is 15.3. The summed E-state index contributed by atoms with van der Waals surface area (Å²) in [6.45, 7) is 0.843. The smallest absolute Gasteiger partial charge is 0.123 e. The monoisotopic (exact) mass is 357 g/mol. The predicted molar refractivity (Wildman–Crippen MR) is 110 cm³/mol. The molecule has 1 heterocycles. The molecule has 0 saturated heterocycles. The van der Waals surface area contributed by atoms with Crippen molar-refractivity contribution < 1.29 is 4.39 Å². The topological polar surface area (TPSA) is 12.0 Å². The van der Waals surface area contributed by atoms with Crippen LogP contribution in [0.2, 0.25) is 0 Å². The quantitative estimate of drug-likeness (QED) is 0.655. The van der Waals surface area contributed by atoms with Crippen LogP contribution in [-0.2, 0) is 12.8 Å². The molecule has 0 amide bonds. The van der Waals surface area contributed by atoms with Crippen LogP contribution in [0.3, 0.4) is 0 Å². The fourth-order valence-electron chi connectivity index (χ4n) is 4.01. The Morgan fingerprint density at radius 3 is 1.96 bits per heavy atom. The third kappa shape index (κ3) is 4.35. The first kappa shape index (κ1) is 17.7. The average molecular weight is 357 g/mol. The van der Waals surface area contributed by atoms with Gasteiger partial charge in [0.25, 0.3) is 0 Å². The second kappa shape index (κ2) is 8.32. The van der Waals surface area contributed by atoms with Gasteiger partial charge in [0.05, 0.1) is 0 Å². The molecular weight excluding hydrogens is 333 g/mol. The number of benzene rings is 3. The van der Waals surface area contributed by atoms with E-state index >= 15 is 0 Å². The van der Waals surface area contributed by atoms with Crippen LogP contribution in [0.1, 0.15) is 16.7 Å². The Balaban J connectivity index is 1.66. The van der Waals surface area contributed by atoms with Crippen LogP contribution < -0.4 is 5.32 Å². The summed E-state index contributed by atoms with van der Waals surface area (Å²) in [5.41, 5.74) is 5.11. The van der Waals surface area contributed by atoms with Gasteiger partial charge in [-0.05, 0) is 47.2 Å². The lowest BCUT2D eigenvalue weighted by Crippen LogP contribution is -2.43. The second-order valence-electron chi connectivity index (χ2n) is 7.17. The van der Waals surface area contributed by atoms with Crippen LogP contribution in [-0.4, -0.2) is 12.6 Å². The maximum absolute atomic E-state index is 13.4. The van der Waals surface area contributed by atoms with E-state index in [2.05, 4.69) is 72.1 Å². The molecule has 0 fully saturated rings. The Hall–Kier alpha value is -2.71. The van der Waals surface area contributed by atoms with E-state index in [4.69, 9.17) is 0 Å². The van der Waals surface area contributed by atoms with Gasteiger partial charge < -0.3 is 5.32 Å². The summed E-state index contributed by atoms with van der Waals surface area (Å²) in [7, 11) is 0. The van der Waals surface area contributed by atoms with Gasteiger partial charge in [-0.2, -0.15) is 0 Å². The minimum Gasteiger partial charge on any atom is -0.310 e. The summed E-state index contributed by atoms with van der Waals surface area (Å²) in [5.74, 6) is 0.153. The highest BCUT2D eigenvalue weighted by Gasteiger charge is 2.28. The third-order valence-corrected chi connectivity index (χ3v) is 5.36. The lowest BCUT2D eigenvalue weighted by atomic mass is 9.78. The van der Waals surface area contributed by atoms with E-state index in [1.165, 1.54) is 16.7 Å². The van der Waals surface area contributed by atoms with Crippen LogP contribution in [0.5, 0.6) is 0 Å². The Kier molecular flexibility index (Phi) is 5.45. The molecular formula is C25H24FN. The Morgan fingerprint density at radius 2 is 1.33 bits per heavy atom. The molecule has 2 unspecified atom stereocenters. The van der Waals surface area contributed by atoms with Crippen molar-refractivity contribution in [3.8, 4) is 0 Å². The first-order valence-corrected chi connectivity index (χ1v) is 9.57. The maximum Gasteiger partial charge on any atom is 0.123 e. The van der Waals surface area contributed by atoms with Gasteiger partial charge in [-0.1, -0.05) is 78.9 Å². The summed E-state index contributed by atoms with van der Waals surface area (Å²) in [6, 6.07) is 28.5. The molecule has 0 saturated carbocycles. The largest absolute Gasteiger partial charge is 0.310 e. The number of nitrogens with one attached hydrogen (secondary N) is 1. The van der Waals surface area contributed by atoms with Crippen molar-refractivity contribution in [3.63, 3.8) is 0 Å².